The maximum absolute atomic E-state index is 12.2. The van der Waals surface area contributed by atoms with Crippen LogP contribution in [-0.2, 0) is 14.3 Å². The van der Waals surface area contributed by atoms with E-state index >= 15 is 0 Å². The van der Waals surface area contributed by atoms with Crippen LogP contribution in [0.2, 0.25) is 0 Å². The molecule has 1 fully saturated rings. The summed E-state index contributed by atoms with van der Waals surface area (Å²) in [6.07, 6.45) is 1.06. The van der Waals surface area contributed by atoms with E-state index in [9.17, 15) is 14.4 Å². The number of hydrogen-bond donors (Lipinski definition) is 2. The number of amides is 1. The molecular weight excluding hydrogens is 418 g/mol. The lowest BCUT2D eigenvalue weighted by Gasteiger charge is -2.09. The van der Waals surface area contributed by atoms with Crippen molar-refractivity contribution in [1.82, 2.24) is 5.32 Å². The molecular formula is C22H21N3O5S. The van der Waals surface area contributed by atoms with Crippen LogP contribution in [0.15, 0.2) is 58.7 Å². The second-order valence-electron chi connectivity index (χ2n) is 7.00. The summed E-state index contributed by atoms with van der Waals surface area (Å²) in [4.78, 5) is 34.7. The lowest BCUT2D eigenvalue weighted by Crippen LogP contribution is -2.26. The van der Waals surface area contributed by atoms with Gasteiger partial charge in [-0.3, -0.25) is 9.59 Å². The van der Waals surface area contributed by atoms with Crippen LogP contribution in [0.5, 0.6) is 0 Å². The van der Waals surface area contributed by atoms with Gasteiger partial charge in [0.15, 0.2) is 5.17 Å². The number of esters is 1. The van der Waals surface area contributed by atoms with Gasteiger partial charge in [-0.15, -0.1) is 5.10 Å². The molecule has 1 heterocycles. The first-order valence-corrected chi connectivity index (χ1v) is 10.4. The standard InChI is InChI=1S/C22H21N3O5S/c1-13(2)30-21(29)17-8-4-7-16(10-17)15-6-3-5-14(9-15)12-23-25-22-24-20(28)18(31-22)11-19(26)27/h3-10,12-13,18H,11H2,1-2H3,(H,26,27)(H,24,25,28). The molecule has 1 atom stereocenters. The van der Waals surface area contributed by atoms with E-state index in [2.05, 4.69) is 15.5 Å². The summed E-state index contributed by atoms with van der Waals surface area (Å²) in [6, 6.07) is 14.7. The van der Waals surface area contributed by atoms with Gasteiger partial charge in [0.2, 0.25) is 5.91 Å². The van der Waals surface area contributed by atoms with Crippen LogP contribution in [-0.4, -0.2) is 45.7 Å². The average Bonchev–Trinajstić information content (AvgIpc) is 3.06. The van der Waals surface area contributed by atoms with Crippen molar-refractivity contribution in [3.8, 4) is 11.1 Å². The molecule has 0 bridgehead atoms. The molecule has 2 aromatic rings. The number of aliphatic carboxylic acids is 1. The number of ether oxygens (including phenoxy) is 1. The van der Waals surface area contributed by atoms with Gasteiger partial charge in [0, 0.05) is 0 Å². The van der Waals surface area contributed by atoms with E-state index in [1.165, 1.54) is 6.21 Å². The molecule has 1 unspecified atom stereocenters. The highest BCUT2D eigenvalue weighted by Gasteiger charge is 2.32. The molecule has 0 radical (unpaired) electrons. The SMILES string of the molecule is CC(C)OC(=O)c1cccc(-c2cccc(C=NN=C3NC(=O)C(CC(=O)O)S3)c2)c1. The number of hydrogen-bond acceptors (Lipinski definition) is 7. The fourth-order valence-corrected chi connectivity index (χ4v) is 3.71. The van der Waals surface area contributed by atoms with Crippen LogP contribution in [0.25, 0.3) is 11.1 Å². The van der Waals surface area contributed by atoms with Gasteiger partial charge in [-0.1, -0.05) is 42.1 Å². The van der Waals surface area contributed by atoms with Crippen molar-refractivity contribution in [3.05, 3.63) is 59.7 Å². The minimum atomic E-state index is -1.05. The average molecular weight is 439 g/mol. The molecule has 3 rings (SSSR count). The fraction of sp³-hybridized carbons (Fsp3) is 0.227. The van der Waals surface area contributed by atoms with Crippen LogP contribution in [0, 0.1) is 0 Å². The molecule has 9 heteroatoms. The predicted octanol–water partition coefficient (Wildman–Crippen LogP) is 3.32. The van der Waals surface area contributed by atoms with Crippen molar-refractivity contribution >= 4 is 41.0 Å². The number of rotatable bonds is 7. The molecule has 8 nitrogen and oxygen atoms in total. The largest absolute Gasteiger partial charge is 0.481 e. The van der Waals surface area contributed by atoms with Crippen molar-refractivity contribution in [2.75, 3.05) is 0 Å². The molecule has 1 saturated heterocycles. The van der Waals surface area contributed by atoms with Crippen molar-refractivity contribution < 1.29 is 24.2 Å². The molecule has 160 valence electrons. The summed E-state index contributed by atoms with van der Waals surface area (Å²) in [7, 11) is 0. The number of nitrogens with zero attached hydrogens (tertiary/aromatic N) is 2. The summed E-state index contributed by atoms with van der Waals surface area (Å²) in [6.45, 7) is 3.60. The van der Waals surface area contributed by atoms with Gasteiger partial charge in [-0.2, -0.15) is 5.10 Å². The third-order valence-corrected chi connectivity index (χ3v) is 5.23. The first-order chi connectivity index (χ1) is 14.8. The maximum atomic E-state index is 12.2. The van der Waals surface area contributed by atoms with E-state index in [1.807, 2.05) is 30.3 Å². The van der Waals surface area contributed by atoms with E-state index in [0.29, 0.717) is 5.56 Å². The Morgan fingerprint density at radius 1 is 1.19 bits per heavy atom. The fourth-order valence-electron chi connectivity index (χ4n) is 2.80. The Hall–Kier alpha value is -3.46. The van der Waals surface area contributed by atoms with Crippen LogP contribution in [0.1, 0.15) is 36.2 Å². The van der Waals surface area contributed by atoms with Crippen LogP contribution < -0.4 is 5.32 Å². The van der Waals surface area contributed by atoms with Gasteiger partial charge in [-0.25, -0.2) is 4.79 Å². The number of nitrogens with one attached hydrogen (secondary N) is 1. The number of carboxylic acids is 1. The predicted molar refractivity (Wildman–Crippen MR) is 119 cm³/mol. The lowest BCUT2D eigenvalue weighted by atomic mass is 10.0. The Labute approximate surface area is 183 Å². The second-order valence-corrected chi connectivity index (χ2v) is 8.20. The highest BCUT2D eigenvalue weighted by molar-refractivity contribution is 8.15. The quantitative estimate of drug-likeness (QED) is 0.388. The molecule has 1 amide bonds. The van der Waals surface area contributed by atoms with Gasteiger partial charge in [0.25, 0.3) is 0 Å². The van der Waals surface area contributed by atoms with Gasteiger partial charge >= 0.3 is 11.9 Å². The molecule has 0 spiro atoms. The summed E-state index contributed by atoms with van der Waals surface area (Å²) in [5.74, 6) is -1.81. The van der Waals surface area contributed by atoms with Crippen LogP contribution >= 0.6 is 11.8 Å². The topological polar surface area (TPSA) is 117 Å². The van der Waals surface area contributed by atoms with Gasteiger partial charge < -0.3 is 15.2 Å². The Morgan fingerprint density at radius 2 is 1.90 bits per heavy atom. The molecule has 0 aromatic heterocycles. The summed E-state index contributed by atoms with van der Waals surface area (Å²) in [5, 5.41) is 18.8. The number of thioether (sulfide) groups is 1. The molecule has 0 saturated carbocycles. The second kappa shape index (κ2) is 10.0. The van der Waals surface area contributed by atoms with Crippen molar-refractivity contribution in [2.24, 2.45) is 10.2 Å². The van der Waals surface area contributed by atoms with Crippen molar-refractivity contribution in [2.45, 2.75) is 31.6 Å². The van der Waals surface area contributed by atoms with E-state index in [0.717, 1.165) is 28.5 Å². The molecule has 0 aliphatic carbocycles. The minimum absolute atomic E-state index is 0.195. The van der Waals surface area contributed by atoms with Crippen molar-refractivity contribution in [1.29, 1.82) is 0 Å². The van der Waals surface area contributed by atoms with Crippen molar-refractivity contribution in [3.63, 3.8) is 0 Å². The Morgan fingerprint density at radius 3 is 2.61 bits per heavy atom. The Balaban J connectivity index is 1.72. The summed E-state index contributed by atoms with van der Waals surface area (Å²) < 4.78 is 5.25. The Bertz CT molecular complexity index is 1060. The third-order valence-electron chi connectivity index (χ3n) is 4.15. The normalized spacial score (nSPS) is 17.3. The number of benzene rings is 2. The van der Waals surface area contributed by atoms with E-state index in [4.69, 9.17) is 9.84 Å². The van der Waals surface area contributed by atoms with Gasteiger partial charge in [0.1, 0.15) is 5.25 Å². The van der Waals surface area contributed by atoms with Gasteiger partial charge in [0.05, 0.1) is 24.3 Å². The number of amidine groups is 1. The first kappa shape index (κ1) is 22.2. The lowest BCUT2D eigenvalue weighted by molar-refractivity contribution is -0.138. The first-order valence-electron chi connectivity index (χ1n) is 9.53. The van der Waals surface area contributed by atoms with E-state index in [1.54, 1.807) is 32.0 Å². The zero-order valence-electron chi connectivity index (χ0n) is 16.9. The molecule has 2 N–H and O–H groups in total. The summed E-state index contributed by atoms with van der Waals surface area (Å²) in [5.41, 5.74) is 2.99. The zero-order chi connectivity index (χ0) is 22.4. The highest BCUT2D eigenvalue weighted by Crippen LogP contribution is 2.23. The number of carboxylic acid groups (broad SMARTS) is 1. The highest BCUT2D eigenvalue weighted by atomic mass is 32.2. The van der Waals surface area contributed by atoms with E-state index in [-0.39, 0.29) is 29.6 Å². The minimum Gasteiger partial charge on any atom is -0.481 e. The maximum Gasteiger partial charge on any atom is 0.338 e. The molecule has 1 aliphatic rings. The van der Waals surface area contributed by atoms with Crippen LogP contribution in [0.4, 0.5) is 0 Å². The summed E-state index contributed by atoms with van der Waals surface area (Å²) >= 11 is 1.04. The smallest absolute Gasteiger partial charge is 0.338 e. The van der Waals surface area contributed by atoms with Crippen LogP contribution in [0.3, 0.4) is 0 Å². The number of carbonyl (C=O) groups is 3. The van der Waals surface area contributed by atoms with E-state index < -0.39 is 11.2 Å². The third kappa shape index (κ3) is 6.26. The van der Waals surface area contributed by atoms with Gasteiger partial charge in [-0.05, 0) is 48.7 Å². The molecule has 1 aliphatic heterocycles. The Kier molecular flexibility index (Phi) is 7.19. The number of carbonyl (C=O) groups excluding carboxylic acids is 2. The monoisotopic (exact) mass is 439 g/mol. The molecule has 2 aromatic carbocycles. The molecule has 31 heavy (non-hydrogen) atoms. The zero-order valence-corrected chi connectivity index (χ0v) is 17.8.